The zero-order valence-electron chi connectivity index (χ0n) is 11.4. The van der Waals surface area contributed by atoms with E-state index < -0.39 is 0 Å². The summed E-state index contributed by atoms with van der Waals surface area (Å²) in [6.07, 6.45) is 2.75. The molecule has 1 unspecified atom stereocenters. The summed E-state index contributed by atoms with van der Waals surface area (Å²) >= 11 is 0. The van der Waals surface area contributed by atoms with Crippen molar-refractivity contribution in [1.29, 1.82) is 0 Å². The van der Waals surface area contributed by atoms with Crippen molar-refractivity contribution in [3.63, 3.8) is 0 Å². The van der Waals surface area contributed by atoms with Crippen molar-refractivity contribution in [3.8, 4) is 0 Å². The summed E-state index contributed by atoms with van der Waals surface area (Å²) in [4.78, 5) is 1.60. The van der Waals surface area contributed by atoms with Gasteiger partial charge in [-0.25, -0.2) is 0 Å². The summed E-state index contributed by atoms with van der Waals surface area (Å²) in [7, 11) is 3.80. The second-order valence-electron chi connectivity index (χ2n) is 4.72. The molecule has 1 aromatic heterocycles. The molecule has 0 saturated carbocycles. The molecule has 0 amide bonds. The minimum absolute atomic E-state index is 0.209. The molecule has 0 saturated heterocycles. The molecule has 96 valence electrons. The van der Waals surface area contributed by atoms with E-state index in [1.807, 2.05) is 20.3 Å². The lowest BCUT2D eigenvalue weighted by atomic mass is 10.00. The molecule has 0 aliphatic carbocycles. The fourth-order valence-corrected chi connectivity index (χ4v) is 2.04. The van der Waals surface area contributed by atoms with Gasteiger partial charge in [0.25, 0.3) is 0 Å². The largest absolute Gasteiger partial charge is 0.311 e. The third-order valence-electron chi connectivity index (χ3n) is 3.33. The highest BCUT2D eigenvalue weighted by Gasteiger charge is 2.13. The van der Waals surface area contributed by atoms with Crippen LogP contribution in [0.1, 0.15) is 28.4 Å². The van der Waals surface area contributed by atoms with E-state index in [1.165, 1.54) is 16.7 Å². The van der Waals surface area contributed by atoms with Gasteiger partial charge in [0.05, 0.1) is 17.9 Å². The van der Waals surface area contributed by atoms with Crippen LogP contribution in [0.4, 0.5) is 0 Å². The number of aromatic nitrogens is 3. The molecule has 4 nitrogen and oxygen atoms in total. The molecule has 2 aromatic rings. The summed E-state index contributed by atoms with van der Waals surface area (Å²) in [6, 6.07) is 6.81. The molecule has 0 aliphatic rings. The van der Waals surface area contributed by atoms with Crippen molar-refractivity contribution < 1.29 is 0 Å². The number of benzene rings is 1. The van der Waals surface area contributed by atoms with Crippen LogP contribution in [-0.2, 0) is 13.5 Å². The van der Waals surface area contributed by atoms with E-state index in [2.05, 4.69) is 47.6 Å². The number of nitrogens with zero attached hydrogens (tertiary/aromatic N) is 3. The molecule has 0 spiro atoms. The molecule has 4 heteroatoms. The normalized spacial score (nSPS) is 12.7. The van der Waals surface area contributed by atoms with Crippen LogP contribution < -0.4 is 5.32 Å². The predicted molar refractivity (Wildman–Crippen MR) is 72.4 cm³/mol. The maximum absolute atomic E-state index is 4.36. The van der Waals surface area contributed by atoms with Gasteiger partial charge in [0.15, 0.2) is 0 Å². The Morgan fingerprint density at radius 1 is 1.28 bits per heavy atom. The van der Waals surface area contributed by atoms with Crippen molar-refractivity contribution in [2.45, 2.75) is 26.3 Å². The van der Waals surface area contributed by atoms with E-state index in [1.54, 1.807) is 4.80 Å². The first-order valence-corrected chi connectivity index (χ1v) is 6.19. The lowest BCUT2D eigenvalue weighted by Gasteiger charge is -2.14. The maximum Gasteiger partial charge on any atom is 0.0999 e. The van der Waals surface area contributed by atoms with E-state index in [0.29, 0.717) is 0 Å². The number of likely N-dealkylation sites (N-methyl/N-ethyl adjacent to an activating group) is 1. The zero-order valence-corrected chi connectivity index (χ0v) is 11.4. The summed E-state index contributed by atoms with van der Waals surface area (Å²) < 4.78 is 0. The topological polar surface area (TPSA) is 42.7 Å². The Morgan fingerprint density at radius 3 is 2.61 bits per heavy atom. The zero-order chi connectivity index (χ0) is 13.1. The van der Waals surface area contributed by atoms with Crippen molar-refractivity contribution in [1.82, 2.24) is 20.3 Å². The number of nitrogens with one attached hydrogen (secondary N) is 1. The van der Waals surface area contributed by atoms with Crippen molar-refractivity contribution in [2.75, 3.05) is 7.05 Å². The molecular formula is C14H20N4. The van der Waals surface area contributed by atoms with E-state index >= 15 is 0 Å². The van der Waals surface area contributed by atoms with Crippen LogP contribution in [0, 0.1) is 13.8 Å². The second kappa shape index (κ2) is 5.31. The second-order valence-corrected chi connectivity index (χ2v) is 4.72. The molecule has 18 heavy (non-hydrogen) atoms. The third-order valence-corrected chi connectivity index (χ3v) is 3.33. The Bertz CT molecular complexity index is 530. The fourth-order valence-electron chi connectivity index (χ4n) is 2.04. The van der Waals surface area contributed by atoms with Crippen LogP contribution in [0.25, 0.3) is 0 Å². The minimum atomic E-state index is 0.209. The number of hydrogen-bond acceptors (Lipinski definition) is 3. The van der Waals surface area contributed by atoms with Gasteiger partial charge in [-0.15, -0.1) is 0 Å². The van der Waals surface area contributed by atoms with Gasteiger partial charge < -0.3 is 5.32 Å². The molecule has 0 bridgehead atoms. The lowest BCUT2D eigenvalue weighted by Crippen LogP contribution is -2.19. The molecule has 0 radical (unpaired) electrons. The molecule has 0 fully saturated rings. The summed E-state index contributed by atoms with van der Waals surface area (Å²) in [6.45, 7) is 4.28. The Morgan fingerprint density at radius 2 is 2.06 bits per heavy atom. The molecule has 1 aromatic carbocycles. The van der Waals surface area contributed by atoms with E-state index in [-0.39, 0.29) is 6.04 Å². The molecule has 2 rings (SSSR count). The minimum Gasteiger partial charge on any atom is -0.311 e. The monoisotopic (exact) mass is 244 g/mol. The first-order chi connectivity index (χ1) is 8.60. The van der Waals surface area contributed by atoms with Crippen molar-refractivity contribution in [2.24, 2.45) is 7.05 Å². The van der Waals surface area contributed by atoms with Crippen molar-refractivity contribution >= 4 is 0 Å². The van der Waals surface area contributed by atoms with Crippen LogP contribution in [0.2, 0.25) is 0 Å². The van der Waals surface area contributed by atoms with E-state index in [9.17, 15) is 0 Å². The highest BCUT2D eigenvalue weighted by atomic mass is 15.4. The van der Waals surface area contributed by atoms with Gasteiger partial charge in [-0.2, -0.15) is 15.0 Å². The summed E-state index contributed by atoms with van der Waals surface area (Å²) in [5.41, 5.74) is 4.97. The average molecular weight is 244 g/mol. The van der Waals surface area contributed by atoms with Gasteiger partial charge in [-0.05, 0) is 44.0 Å². The molecule has 1 atom stereocenters. The van der Waals surface area contributed by atoms with Gasteiger partial charge in [-0.3, -0.25) is 0 Å². The maximum atomic E-state index is 4.36. The number of aryl methyl sites for hydroxylation is 3. The highest BCUT2D eigenvalue weighted by Crippen LogP contribution is 2.18. The quantitative estimate of drug-likeness (QED) is 0.893. The van der Waals surface area contributed by atoms with Gasteiger partial charge in [0.2, 0.25) is 0 Å². The van der Waals surface area contributed by atoms with Gasteiger partial charge >= 0.3 is 0 Å². The molecule has 1 heterocycles. The Labute approximate surface area is 108 Å². The fraction of sp³-hybridized carbons (Fsp3) is 0.429. The molecular weight excluding hydrogens is 224 g/mol. The average Bonchev–Trinajstić information content (AvgIpc) is 2.77. The van der Waals surface area contributed by atoms with E-state index in [0.717, 1.165) is 12.1 Å². The van der Waals surface area contributed by atoms with Crippen molar-refractivity contribution in [3.05, 3.63) is 46.8 Å². The summed E-state index contributed by atoms with van der Waals surface area (Å²) in [5.74, 6) is 0. The smallest absolute Gasteiger partial charge is 0.0999 e. The van der Waals surface area contributed by atoms with Crippen LogP contribution in [0.3, 0.4) is 0 Å². The highest BCUT2D eigenvalue weighted by molar-refractivity contribution is 5.30. The van der Waals surface area contributed by atoms with Gasteiger partial charge in [0, 0.05) is 7.05 Å². The predicted octanol–water partition coefficient (Wildman–Crippen LogP) is 1.94. The standard InChI is InChI=1S/C14H20N4/c1-10-5-6-12(7-11(10)2)8-13(15-3)14-9-16-18(4)17-14/h5-7,9,13,15H,8H2,1-4H3. The van der Waals surface area contributed by atoms with E-state index in [4.69, 9.17) is 0 Å². The third kappa shape index (κ3) is 2.76. The first kappa shape index (κ1) is 12.8. The van der Waals surface area contributed by atoms with Crippen LogP contribution >= 0.6 is 0 Å². The molecule has 0 aliphatic heterocycles. The molecule has 1 N–H and O–H groups in total. The number of rotatable bonds is 4. The Kier molecular flexibility index (Phi) is 3.77. The SMILES string of the molecule is CNC(Cc1ccc(C)c(C)c1)c1cnn(C)n1. The van der Waals surface area contributed by atoms with Crippen LogP contribution in [-0.4, -0.2) is 22.0 Å². The van der Waals surface area contributed by atoms with Gasteiger partial charge in [-0.1, -0.05) is 18.2 Å². The van der Waals surface area contributed by atoms with Crippen LogP contribution in [0.15, 0.2) is 24.4 Å². The van der Waals surface area contributed by atoms with Gasteiger partial charge in [0.1, 0.15) is 0 Å². The number of hydrogen-bond donors (Lipinski definition) is 1. The lowest BCUT2D eigenvalue weighted by molar-refractivity contribution is 0.556. The first-order valence-electron chi connectivity index (χ1n) is 6.19. The van der Waals surface area contributed by atoms with Crippen LogP contribution in [0.5, 0.6) is 0 Å². The Balaban J connectivity index is 2.17. The summed E-state index contributed by atoms with van der Waals surface area (Å²) in [5, 5.41) is 11.8. The Hall–Kier alpha value is -1.68.